The van der Waals surface area contributed by atoms with Gasteiger partial charge >= 0.3 is 0 Å². The molecule has 1 saturated carbocycles. The molecule has 0 spiro atoms. The third-order valence-electron chi connectivity index (χ3n) is 4.57. The Bertz CT molecular complexity index is 915. The minimum Gasteiger partial charge on any atom is -0.114 e. The van der Waals surface area contributed by atoms with Crippen molar-refractivity contribution in [2.24, 2.45) is 0 Å². The molecule has 146 valence electrons. The SMILES string of the molecule is Clc1c(Cl)c(Cl)c(-c2c(Cl)c(Cl)c(Cl)c(Cl)c2C2(Cl)CCCC2)c(Cl)c1Cl. The highest BCUT2D eigenvalue weighted by atomic mass is 35.5. The van der Waals surface area contributed by atoms with E-state index in [0.717, 1.165) is 12.8 Å². The van der Waals surface area contributed by atoms with Gasteiger partial charge in [-0.2, -0.15) is 0 Å². The predicted octanol–water partition coefficient (Wildman–Crippen LogP) is 11.2. The molecule has 2 aromatic rings. The van der Waals surface area contributed by atoms with E-state index in [1.165, 1.54) is 0 Å². The van der Waals surface area contributed by atoms with Crippen molar-refractivity contribution < 1.29 is 0 Å². The summed E-state index contributed by atoms with van der Waals surface area (Å²) in [4.78, 5) is -0.810. The zero-order chi connectivity index (χ0) is 20.3. The number of benzene rings is 2. The Hall–Kier alpha value is 1.34. The Kier molecular flexibility index (Phi) is 7.21. The molecule has 2 aromatic carbocycles. The van der Waals surface area contributed by atoms with Crippen LogP contribution in [0.2, 0.25) is 45.2 Å². The second-order valence-electron chi connectivity index (χ2n) is 6.12. The first-order chi connectivity index (χ1) is 12.5. The highest BCUT2D eigenvalue weighted by molar-refractivity contribution is 6.58. The van der Waals surface area contributed by atoms with Crippen LogP contribution in [0.3, 0.4) is 0 Å². The van der Waals surface area contributed by atoms with Crippen LogP contribution >= 0.6 is 116 Å². The Morgan fingerprint density at radius 2 is 0.778 bits per heavy atom. The minimum absolute atomic E-state index is 0.0296. The number of rotatable bonds is 2. The molecule has 0 heterocycles. The van der Waals surface area contributed by atoms with Gasteiger partial charge in [-0.1, -0.05) is 117 Å². The van der Waals surface area contributed by atoms with Gasteiger partial charge in [0, 0.05) is 16.7 Å². The van der Waals surface area contributed by atoms with Crippen molar-refractivity contribution in [3.8, 4) is 11.1 Å². The normalized spacial score (nSPS) is 16.2. The monoisotopic (exact) mass is 562 g/mol. The molecule has 27 heavy (non-hydrogen) atoms. The predicted molar refractivity (Wildman–Crippen MR) is 123 cm³/mol. The van der Waals surface area contributed by atoms with Crippen LogP contribution in [0.1, 0.15) is 31.2 Å². The van der Waals surface area contributed by atoms with Gasteiger partial charge in [0.15, 0.2) is 0 Å². The summed E-state index contributed by atoms with van der Waals surface area (Å²) in [6.45, 7) is 0. The van der Waals surface area contributed by atoms with Crippen molar-refractivity contribution in [1.82, 2.24) is 0 Å². The van der Waals surface area contributed by atoms with Crippen LogP contribution in [0, 0.1) is 0 Å². The maximum absolute atomic E-state index is 6.95. The molecule has 0 aliphatic heterocycles. The van der Waals surface area contributed by atoms with Crippen molar-refractivity contribution in [1.29, 1.82) is 0 Å². The van der Waals surface area contributed by atoms with Gasteiger partial charge in [0.05, 0.1) is 50.1 Å². The molecule has 1 aliphatic rings. The first kappa shape index (κ1) is 23.0. The summed E-state index contributed by atoms with van der Waals surface area (Å²) in [5.41, 5.74) is 1.11. The fourth-order valence-electron chi connectivity index (χ4n) is 3.30. The summed E-state index contributed by atoms with van der Waals surface area (Å²) >= 11 is 64.2. The third kappa shape index (κ3) is 3.76. The molecule has 0 aromatic heterocycles. The van der Waals surface area contributed by atoms with Crippen LogP contribution in [0.15, 0.2) is 0 Å². The summed E-state index contributed by atoms with van der Waals surface area (Å²) in [7, 11) is 0. The Morgan fingerprint density at radius 1 is 0.444 bits per heavy atom. The van der Waals surface area contributed by atoms with E-state index < -0.39 is 4.87 Å². The van der Waals surface area contributed by atoms with E-state index in [0.29, 0.717) is 24.0 Å². The molecule has 0 radical (unpaired) electrons. The van der Waals surface area contributed by atoms with Gasteiger partial charge < -0.3 is 0 Å². The van der Waals surface area contributed by atoms with Crippen molar-refractivity contribution in [3.63, 3.8) is 0 Å². The fourth-order valence-corrected chi connectivity index (χ4v) is 6.26. The summed E-state index contributed by atoms with van der Waals surface area (Å²) in [6, 6.07) is 0. The molecular formula is C17H8Cl10. The van der Waals surface area contributed by atoms with Gasteiger partial charge in [-0.05, 0) is 12.8 Å². The average Bonchev–Trinajstić information content (AvgIpc) is 3.08. The zero-order valence-corrected chi connectivity index (χ0v) is 20.7. The van der Waals surface area contributed by atoms with Crippen molar-refractivity contribution >= 4 is 116 Å². The van der Waals surface area contributed by atoms with Crippen LogP contribution < -0.4 is 0 Å². The lowest BCUT2D eigenvalue weighted by Crippen LogP contribution is -2.16. The van der Waals surface area contributed by atoms with Crippen molar-refractivity contribution in [3.05, 3.63) is 50.8 Å². The second-order valence-corrected chi connectivity index (χ2v) is 10.2. The second kappa shape index (κ2) is 8.46. The van der Waals surface area contributed by atoms with Crippen LogP contribution in [0.5, 0.6) is 0 Å². The van der Waals surface area contributed by atoms with E-state index in [2.05, 4.69) is 0 Å². The molecule has 0 atom stereocenters. The lowest BCUT2D eigenvalue weighted by Gasteiger charge is -2.29. The van der Waals surface area contributed by atoms with E-state index >= 15 is 0 Å². The number of hydrogen-bond donors (Lipinski definition) is 0. The van der Waals surface area contributed by atoms with Crippen LogP contribution in [0.25, 0.3) is 11.1 Å². The summed E-state index contributed by atoms with van der Waals surface area (Å²) in [6.07, 6.45) is 3.17. The number of alkyl halides is 1. The Labute approximate surface area is 206 Å². The molecule has 0 N–H and O–H groups in total. The van der Waals surface area contributed by atoms with Gasteiger partial charge in [-0.25, -0.2) is 0 Å². The van der Waals surface area contributed by atoms with Crippen molar-refractivity contribution in [2.45, 2.75) is 30.6 Å². The van der Waals surface area contributed by atoms with Crippen LogP contribution in [-0.4, -0.2) is 0 Å². The molecule has 0 amide bonds. The maximum Gasteiger partial charge on any atom is 0.0809 e. The summed E-state index contributed by atoms with van der Waals surface area (Å²) in [5, 5.41) is 0.658. The lowest BCUT2D eigenvalue weighted by molar-refractivity contribution is 0.639. The van der Waals surface area contributed by atoms with Gasteiger partial charge in [0.1, 0.15) is 0 Å². The molecule has 3 rings (SSSR count). The highest BCUT2D eigenvalue weighted by Crippen LogP contribution is 2.59. The smallest absolute Gasteiger partial charge is 0.0809 e. The van der Waals surface area contributed by atoms with Crippen LogP contribution in [0.4, 0.5) is 0 Å². The van der Waals surface area contributed by atoms with E-state index in [1.807, 2.05) is 0 Å². The third-order valence-corrected chi connectivity index (χ3v) is 9.22. The largest absolute Gasteiger partial charge is 0.114 e. The van der Waals surface area contributed by atoms with Gasteiger partial charge in [0.2, 0.25) is 0 Å². The first-order valence-electron chi connectivity index (χ1n) is 7.60. The molecule has 0 nitrogen and oxygen atoms in total. The molecule has 0 saturated heterocycles. The molecular weight excluding hydrogens is 559 g/mol. The number of halogens is 10. The van der Waals surface area contributed by atoms with E-state index in [4.69, 9.17) is 116 Å². The first-order valence-corrected chi connectivity index (χ1v) is 11.4. The summed E-state index contributed by atoms with van der Waals surface area (Å²) in [5.74, 6) is 0. The van der Waals surface area contributed by atoms with Gasteiger partial charge in [-0.3, -0.25) is 0 Å². The maximum atomic E-state index is 6.95. The standard InChI is InChI=1S/C17H8Cl10/c18-8-5(6-9(19)13(23)16(26)14(24)10(6)20)7(11(21)15(25)12(8)22)17(27)3-1-2-4-17/h1-4H2. The van der Waals surface area contributed by atoms with E-state index in [-0.39, 0.29) is 50.8 Å². The Morgan fingerprint density at radius 3 is 1.22 bits per heavy atom. The number of hydrogen-bond acceptors (Lipinski definition) is 0. The topological polar surface area (TPSA) is 0 Å². The Balaban J connectivity index is 2.52. The minimum atomic E-state index is -0.810. The van der Waals surface area contributed by atoms with Crippen molar-refractivity contribution in [2.75, 3.05) is 0 Å². The fraction of sp³-hybridized carbons (Fsp3) is 0.294. The van der Waals surface area contributed by atoms with Crippen LogP contribution in [-0.2, 0) is 4.87 Å². The average molecular weight is 567 g/mol. The van der Waals surface area contributed by atoms with Gasteiger partial charge in [-0.15, -0.1) is 11.6 Å². The van der Waals surface area contributed by atoms with E-state index in [9.17, 15) is 0 Å². The highest BCUT2D eigenvalue weighted by Gasteiger charge is 2.41. The lowest BCUT2D eigenvalue weighted by atomic mass is 9.88. The molecule has 10 heteroatoms. The molecule has 0 bridgehead atoms. The molecule has 0 unspecified atom stereocenters. The summed E-state index contributed by atoms with van der Waals surface area (Å²) < 4.78 is 0. The quantitative estimate of drug-likeness (QED) is 0.193. The van der Waals surface area contributed by atoms with E-state index in [1.54, 1.807) is 0 Å². The zero-order valence-electron chi connectivity index (χ0n) is 13.1. The van der Waals surface area contributed by atoms with Gasteiger partial charge in [0.25, 0.3) is 0 Å². The molecule has 1 aliphatic carbocycles. The molecule has 1 fully saturated rings.